The molecule has 1 aliphatic heterocycles. The summed E-state index contributed by atoms with van der Waals surface area (Å²) in [6.45, 7) is 7.19. The predicted molar refractivity (Wildman–Crippen MR) is 98.6 cm³/mol. The molecule has 0 unspecified atom stereocenters. The minimum absolute atomic E-state index is 0.119. The molecule has 1 aliphatic rings. The minimum atomic E-state index is -4.65. The normalized spacial score (nSPS) is 18.0. The zero-order chi connectivity index (χ0) is 19.0. The summed E-state index contributed by atoms with van der Waals surface area (Å²) in [6.07, 6.45) is 1.02. The number of halogens is 3. The molecule has 6 heteroatoms. The van der Waals surface area contributed by atoms with E-state index in [2.05, 4.69) is 28.5 Å². The summed E-state index contributed by atoms with van der Waals surface area (Å²) < 4.78 is 41.7. The summed E-state index contributed by atoms with van der Waals surface area (Å²) >= 11 is 0. The van der Waals surface area contributed by atoms with Gasteiger partial charge in [0.2, 0.25) is 0 Å². The third kappa shape index (κ3) is 7.54. The Hall–Kier alpha value is -1.27. The van der Waals surface area contributed by atoms with Crippen molar-refractivity contribution >= 4 is 0 Å². The number of benzene rings is 1. The molecule has 0 bridgehead atoms. The number of hydrogen-bond donors (Lipinski definition) is 0. The van der Waals surface area contributed by atoms with Crippen molar-refractivity contribution in [2.24, 2.45) is 0 Å². The highest BCUT2D eigenvalue weighted by Gasteiger charge is 2.31. The molecule has 1 atom stereocenters. The van der Waals surface area contributed by atoms with Crippen LogP contribution in [0.3, 0.4) is 0 Å². The van der Waals surface area contributed by atoms with Crippen LogP contribution in [0.1, 0.15) is 50.5 Å². The number of nitrogens with zero attached hydrogens (tertiary/aromatic N) is 2. The maximum absolute atomic E-state index is 12.5. The van der Waals surface area contributed by atoms with E-state index in [0.29, 0.717) is 0 Å². The van der Waals surface area contributed by atoms with Crippen molar-refractivity contribution in [2.45, 2.75) is 51.3 Å². The van der Waals surface area contributed by atoms with Crippen LogP contribution in [0.2, 0.25) is 0 Å². The van der Waals surface area contributed by atoms with E-state index in [1.807, 2.05) is 6.07 Å². The molecule has 0 N–H and O–H groups in total. The first kappa shape index (κ1) is 21.0. The van der Waals surface area contributed by atoms with E-state index < -0.39 is 6.36 Å². The van der Waals surface area contributed by atoms with Crippen LogP contribution >= 0.6 is 0 Å². The first-order chi connectivity index (χ1) is 12.4. The lowest BCUT2D eigenvalue weighted by Gasteiger charge is -2.35. The third-order valence-electron chi connectivity index (χ3n) is 5.04. The molecule has 1 saturated heterocycles. The summed E-state index contributed by atoms with van der Waals surface area (Å²) in [5.41, 5.74) is 0.946. The molecule has 0 spiro atoms. The quantitative estimate of drug-likeness (QED) is 0.574. The fourth-order valence-electron chi connectivity index (χ4n) is 3.49. The summed E-state index contributed by atoms with van der Waals surface area (Å²) in [5, 5.41) is 0. The van der Waals surface area contributed by atoms with Crippen molar-refractivity contribution in [3.05, 3.63) is 29.8 Å². The summed E-state index contributed by atoms with van der Waals surface area (Å²) in [7, 11) is 2.12. The number of ether oxygens (including phenoxy) is 1. The fourth-order valence-corrected chi connectivity index (χ4v) is 3.49. The van der Waals surface area contributed by atoms with Crippen LogP contribution in [-0.2, 0) is 0 Å². The van der Waals surface area contributed by atoms with Crippen molar-refractivity contribution in [1.82, 2.24) is 9.80 Å². The van der Waals surface area contributed by atoms with Gasteiger partial charge in [-0.05, 0) is 37.1 Å². The Morgan fingerprint density at radius 1 is 1.08 bits per heavy atom. The van der Waals surface area contributed by atoms with Crippen LogP contribution < -0.4 is 4.74 Å². The van der Waals surface area contributed by atoms with Gasteiger partial charge in [0.05, 0.1) is 0 Å². The van der Waals surface area contributed by atoms with Crippen molar-refractivity contribution < 1.29 is 17.9 Å². The first-order valence-electron chi connectivity index (χ1n) is 9.64. The second kappa shape index (κ2) is 10.2. The first-order valence-corrected chi connectivity index (χ1v) is 9.64. The maximum Gasteiger partial charge on any atom is 0.573 e. The zero-order valence-electron chi connectivity index (χ0n) is 15.9. The van der Waals surface area contributed by atoms with E-state index in [9.17, 15) is 13.2 Å². The average molecular weight is 372 g/mol. The Kier molecular flexibility index (Phi) is 8.22. The average Bonchev–Trinajstić information content (AvgIpc) is 2.58. The zero-order valence-corrected chi connectivity index (χ0v) is 15.9. The SMILES string of the molecule is CCCCCC[C@H](CN1CCN(C)CC1)c1cccc(OC(F)(F)F)c1. The van der Waals surface area contributed by atoms with Gasteiger partial charge in [-0.15, -0.1) is 13.2 Å². The molecule has 0 saturated carbocycles. The van der Waals surface area contributed by atoms with E-state index >= 15 is 0 Å². The maximum atomic E-state index is 12.5. The van der Waals surface area contributed by atoms with E-state index in [0.717, 1.165) is 51.1 Å². The van der Waals surface area contributed by atoms with Gasteiger partial charge < -0.3 is 14.5 Å². The molecule has 0 radical (unpaired) electrons. The fraction of sp³-hybridized carbons (Fsp3) is 0.700. The lowest BCUT2D eigenvalue weighted by atomic mass is 9.92. The van der Waals surface area contributed by atoms with Gasteiger partial charge in [0.1, 0.15) is 5.75 Å². The predicted octanol–water partition coefficient (Wildman–Crippen LogP) is 4.89. The second-order valence-corrected chi connectivity index (χ2v) is 7.27. The molecule has 0 amide bonds. The van der Waals surface area contributed by atoms with Crippen LogP contribution in [0.4, 0.5) is 13.2 Å². The van der Waals surface area contributed by atoms with Crippen LogP contribution in [0, 0.1) is 0 Å². The number of piperazine rings is 1. The lowest BCUT2D eigenvalue weighted by Crippen LogP contribution is -2.45. The molecule has 1 aromatic rings. The van der Waals surface area contributed by atoms with Crippen molar-refractivity contribution in [3.8, 4) is 5.75 Å². The van der Waals surface area contributed by atoms with E-state index in [4.69, 9.17) is 0 Å². The second-order valence-electron chi connectivity index (χ2n) is 7.27. The molecule has 0 aromatic heterocycles. The largest absolute Gasteiger partial charge is 0.573 e. The van der Waals surface area contributed by atoms with Gasteiger partial charge in [-0.3, -0.25) is 0 Å². The van der Waals surface area contributed by atoms with E-state index in [1.54, 1.807) is 12.1 Å². The molecular formula is C20H31F3N2O. The van der Waals surface area contributed by atoms with Crippen molar-refractivity contribution in [1.29, 1.82) is 0 Å². The molecule has 2 rings (SSSR count). The van der Waals surface area contributed by atoms with Gasteiger partial charge in [-0.2, -0.15) is 0 Å². The molecular weight excluding hydrogens is 341 g/mol. The number of hydrogen-bond acceptors (Lipinski definition) is 3. The van der Waals surface area contributed by atoms with Crippen LogP contribution in [0.5, 0.6) is 5.75 Å². The van der Waals surface area contributed by atoms with Gasteiger partial charge >= 0.3 is 6.36 Å². The molecule has 1 heterocycles. The van der Waals surface area contributed by atoms with Crippen LogP contribution in [0.25, 0.3) is 0 Å². The third-order valence-corrected chi connectivity index (χ3v) is 5.04. The van der Waals surface area contributed by atoms with E-state index in [1.165, 1.54) is 25.3 Å². The van der Waals surface area contributed by atoms with Gasteiger partial charge in [0, 0.05) is 32.7 Å². The minimum Gasteiger partial charge on any atom is -0.406 e. The number of alkyl halides is 3. The number of unbranched alkanes of at least 4 members (excludes halogenated alkanes) is 3. The van der Waals surface area contributed by atoms with E-state index in [-0.39, 0.29) is 11.7 Å². The standard InChI is InChI=1S/C20H31F3N2O/c1-3-4-5-6-8-18(16-25-13-11-24(2)12-14-25)17-9-7-10-19(15-17)26-20(21,22)23/h7,9-10,15,18H,3-6,8,11-14,16H2,1-2H3/t18-/m1/s1. The molecule has 3 nitrogen and oxygen atoms in total. The highest BCUT2D eigenvalue weighted by Crippen LogP contribution is 2.29. The van der Waals surface area contributed by atoms with Crippen molar-refractivity contribution in [3.63, 3.8) is 0 Å². The summed E-state index contributed by atoms with van der Waals surface area (Å²) in [5.74, 6) is 0.124. The van der Waals surface area contributed by atoms with Gasteiger partial charge in [0.15, 0.2) is 0 Å². The monoisotopic (exact) mass is 372 g/mol. The highest BCUT2D eigenvalue weighted by molar-refractivity contribution is 5.31. The molecule has 1 fully saturated rings. The summed E-state index contributed by atoms with van der Waals surface area (Å²) in [4.78, 5) is 4.74. The Balaban J connectivity index is 2.05. The molecule has 0 aliphatic carbocycles. The number of likely N-dealkylation sites (N-methyl/N-ethyl adjacent to an activating group) is 1. The molecule has 148 valence electrons. The topological polar surface area (TPSA) is 15.7 Å². The van der Waals surface area contributed by atoms with Gasteiger partial charge in [-0.25, -0.2) is 0 Å². The Morgan fingerprint density at radius 2 is 1.81 bits per heavy atom. The number of rotatable bonds is 9. The van der Waals surface area contributed by atoms with Crippen LogP contribution in [0.15, 0.2) is 24.3 Å². The van der Waals surface area contributed by atoms with Crippen LogP contribution in [-0.4, -0.2) is 55.9 Å². The highest BCUT2D eigenvalue weighted by atomic mass is 19.4. The summed E-state index contributed by atoms with van der Waals surface area (Å²) in [6, 6.07) is 6.54. The smallest absolute Gasteiger partial charge is 0.406 e. The van der Waals surface area contributed by atoms with Crippen molar-refractivity contribution in [2.75, 3.05) is 39.8 Å². The molecule has 26 heavy (non-hydrogen) atoms. The Labute approximate surface area is 155 Å². The van der Waals surface area contributed by atoms with Gasteiger partial charge in [0.25, 0.3) is 0 Å². The molecule has 1 aromatic carbocycles. The lowest BCUT2D eigenvalue weighted by molar-refractivity contribution is -0.274. The Morgan fingerprint density at radius 3 is 2.46 bits per heavy atom. The van der Waals surface area contributed by atoms with Gasteiger partial charge in [-0.1, -0.05) is 44.7 Å². The Bertz CT molecular complexity index is 528.